The number of carbonyl (C=O) groups is 1. The summed E-state index contributed by atoms with van der Waals surface area (Å²) in [5, 5.41) is -1.29. The number of hydrogen-bond acceptors (Lipinski definition) is 4. The van der Waals surface area contributed by atoms with Crippen molar-refractivity contribution in [2.24, 2.45) is 0 Å². The number of nitrogens with zero attached hydrogens (tertiary/aromatic N) is 1. The lowest BCUT2D eigenvalue weighted by atomic mass is 10.0. The highest BCUT2D eigenvalue weighted by Crippen LogP contribution is 2.40. The molecule has 0 spiro atoms. The fourth-order valence-corrected chi connectivity index (χ4v) is 3.51. The molecule has 0 saturated carbocycles. The van der Waals surface area contributed by atoms with Gasteiger partial charge in [-0.25, -0.2) is 22.9 Å². The van der Waals surface area contributed by atoms with E-state index >= 15 is 0 Å². The minimum absolute atomic E-state index is 0.0968. The molecular formula is C17H13F6NO2S. The van der Waals surface area contributed by atoms with Crippen LogP contribution in [-0.4, -0.2) is 30.0 Å². The quantitative estimate of drug-likeness (QED) is 0.380. The van der Waals surface area contributed by atoms with Crippen LogP contribution < -0.4 is 0 Å². The summed E-state index contributed by atoms with van der Waals surface area (Å²) in [6, 6.07) is 3.76. The van der Waals surface area contributed by atoms with Gasteiger partial charge in [0.1, 0.15) is 11.5 Å². The molecule has 0 amide bonds. The second-order valence-electron chi connectivity index (χ2n) is 5.34. The molecular weight excluding hydrogens is 396 g/mol. The van der Waals surface area contributed by atoms with Crippen LogP contribution in [0.15, 0.2) is 30.5 Å². The fourth-order valence-electron chi connectivity index (χ4n) is 2.21. The van der Waals surface area contributed by atoms with E-state index in [0.29, 0.717) is 23.9 Å². The normalized spacial score (nSPS) is 12.7. The van der Waals surface area contributed by atoms with Gasteiger partial charge in [-0.3, -0.25) is 0 Å². The Morgan fingerprint density at radius 2 is 1.81 bits per heavy atom. The number of halogens is 6. The molecule has 0 bridgehead atoms. The van der Waals surface area contributed by atoms with E-state index in [0.717, 1.165) is 13.3 Å². The van der Waals surface area contributed by atoms with Gasteiger partial charge < -0.3 is 4.74 Å². The van der Waals surface area contributed by atoms with Crippen LogP contribution in [-0.2, 0) is 4.74 Å². The van der Waals surface area contributed by atoms with Gasteiger partial charge in [0.15, 0.2) is 11.6 Å². The summed E-state index contributed by atoms with van der Waals surface area (Å²) in [6.07, 6.45) is -4.56. The van der Waals surface area contributed by atoms with Gasteiger partial charge >= 0.3 is 12.1 Å². The Balaban J connectivity index is 2.41. The zero-order valence-corrected chi connectivity index (χ0v) is 14.6. The summed E-state index contributed by atoms with van der Waals surface area (Å²) < 4.78 is 83.6. The van der Waals surface area contributed by atoms with Gasteiger partial charge in [0, 0.05) is 17.5 Å². The largest absolute Gasteiger partial charge is 0.464 e. The number of methoxy groups -OCH3 is 1. The topological polar surface area (TPSA) is 39.2 Å². The molecule has 1 atom stereocenters. The summed E-state index contributed by atoms with van der Waals surface area (Å²) in [7, 11) is 1.13. The van der Waals surface area contributed by atoms with E-state index in [1.54, 1.807) is 0 Å². The number of carbonyl (C=O) groups excluding carboxylic acids is 1. The molecule has 1 unspecified atom stereocenters. The van der Waals surface area contributed by atoms with Crippen LogP contribution >= 0.6 is 11.8 Å². The Labute approximate surface area is 154 Å². The lowest BCUT2D eigenvalue weighted by molar-refractivity contribution is -0.129. The van der Waals surface area contributed by atoms with E-state index in [1.165, 1.54) is 12.1 Å². The number of alkyl halides is 3. The third-order valence-electron chi connectivity index (χ3n) is 3.50. The Morgan fingerprint density at radius 3 is 2.37 bits per heavy atom. The third kappa shape index (κ3) is 5.38. The summed E-state index contributed by atoms with van der Waals surface area (Å²) in [5.41, 5.74) is -0.700. The molecule has 0 aliphatic carbocycles. The summed E-state index contributed by atoms with van der Waals surface area (Å²) in [4.78, 5) is 15.2. The van der Waals surface area contributed by atoms with Gasteiger partial charge in [0.05, 0.1) is 18.8 Å². The first-order valence-electron chi connectivity index (χ1n) is 7.50. The van der Waals surface area contributed by atoms with Crippen LogP contribution in [0.5, 0.6) is 0 Å². The number of esters is 1. The number of thioether (sulfide) groups is 1. The van der Waals surface area contributed by atoms with Crippen molar-refractivity contribution in [1.82, 2.24) is 4.98 Å². The minimum atomic E-state index is -4.45. The number of benzene rings is 1. The molecule has 2 rings (SSSR count). The van der Waals surface area contributed by atoms with E-state index in [1.807, 2.05) is 0 Å². The molecule has 0 aliphatic rings. The van der Waals surface area contributed by atoms with Crippen molar-refractivity contribution in [3.8, 4) is 0 Å². The van der Waals surface area contributed by atoms with Gasteiger partial charge in [-0.2, -0.15) is 13.2 Å². The van der Waals surface area contributed by atoms with E-state index < -0.39 is 52.6 Å². The Morgan fingerprint density at radius 1 is 1.15 bits per heavy atom. The average Bonchev–Trinajstić information content (AvgIpc) is 2.62. The molecule has 1 aromatic heterocycles. The molecule has 146 valence electrons. The molecule has 1 heterocycles. The smallest absolute Gasteiger partial charge is 0.389 e. The highest BCUT2D eigenvalue weighted by molar-refractivity contribution is 7.99. The van der Waals surface area contributed by atoms with E-state index in [4.69, 9.17) is 0 Å². The monoisotopic (exact) mass is 409 g/mol. The molecule has 0 saturated heterocycles. The van der Waals surface area contributed by atoms with Crippen molar-refractivity contribution < 1.29 is 35.9 Å². The fraction of sp³-hybridized carbons (Fsp3) is 0.294. The van der Waals surface area contributed by atoms with Crippen LogP contribution in [0.2, 0.25) is 0 Å². The van der Waals surface area contributed by atoms with Crippen molar-refractivity contribution in [3.05, 3.63) is 64.7 Å². The number of pyridine rings is 1. The Bertz CT molecular complexity index is 810. The van der Waals surface area contributed by atoms with E-state index in [2.05, 4.69) is 9.72 Å². The Hall–Kier alpha value is -2.23. The molecule has 0 aliphatic heterocycles. The van der Waals surface area contributed by atoms with E-state index in [9.17, 15) is 31.1 Å². The van der Waals surface area contributed by atoms with Crippen molar-refractivity contribution in [2.75, 3.05) is 12.9 Å². The number of hydrogen-bond donors (Lipinski definition) is 0. The first-order chi connectivity index (χ1) is 12.6. The Kier molecular flexibility index (Phi) is 6.74. The number of ether oxygens (including phenoxy) is 1. The zero-order valence-electron chi connectivity index (χ0n) is 13.8. The molecule has 0 fully saturated rings. The van der Waals surface area contributed by atoms with Gasteiger partial charge in [-0.15, -0.1) is 11.8 Å². The summed E-state index contributed by atoms with van der Waals surface area (Å²) >= 11 is 0.589. The van der Waals surface area contributed by atoms with Gasteiger partial charge in [0.2, 0.25) is 0 Å². The second-order valence-corrected chi connectivity index (χ2v) is 6.55. The molecule has 10 heteroatoms. The van der Waals surface area contributed by atoms with Crippen molar-refractivity contribution in [2.45, 2.75) is 17.8 Å². The molecule has 0 N–H and O–H groups in total. The highest BCUT2D eigenvalue weighted by Gasteiger charge is 2.30. The van der Waals surface area contributed by atoms with Crippen molar-refractivity contribution in [3.63, 3.8) is 0 Å². The second kappa shape index (κ2) is 8.64. The van der Waals surface area contributed by atoms with Gasteiger partial charge in [-0.1, -0.05) is 6.07 Å². The van der Waals surface area contributed by atoms with Crippen LogP contribution in [0.4, 0.5) is 26.3 Å². The molecule has 3 nitrogen and oxygen atoms in total. The number of rotatable bonds is 6. The molecule has 2 aromatic rings. The highest BCUT2D eigenvalue weighted by atomic mass is 32.2. The molecule has 27 heavy (non-hydrogen) atoms. The zero-order chi connectivity index (χ0) is 20.2. The molecule has 0 radical (unpaired) electrons. The maximum Gasteiger partial charge on any atom is 0.389 e. The first kappa shape index (κ1) is 21.1. The van der Waals surface area contributed by atoms with Crippen molar-refractivity contribution in [1.29, 1.82) is 0 Å². The van der Waals surface area contributed by atoms with Crippen molar-refractivity contribution >= 4 is 17.7 Å². The minimum Gasteiger partial charge on any atom is -0.464 e. The van der Waals surface area contributed by atoms with Crippen LogP contribution in [0.1, 0.15) is 33.3 Å². The van der Waals surface area contributed by atoms with Gasteiger partial charge in [-0.05, 0) is 23.8 Å². The molecule has 1 aromatic carbocycles. The predicted octanol–water partition coefficient (Wildman–Crippen LogP) is 5.06. The SMILES string of the molecule is COC(=O)c1ccc(C(SCCC(F)(F)F)c2c(F)ccc(F)c2F)cn1. The number of aromatic nitrogens is 1. The average molecular weight is 409 g/mol. The lowest BCUT2D eigenvalue weighted by Crippen LogP contribution is -2.12. The third-order valence-corrected chi connectivity index (χ3v) is 4.78. The first-order valence-corrected chi connectivity index (χ1v) is 8.55. The lowest BCUT2D eigenvalue weighted by Gasteiger charge is -2.19. The van der Waals surface area contributed by atoms with E-state index in [-0.39, 0.29) is 11.3 Å². The van der Waals surface area contributed by atoms with Crippen LogP contribution in [0.3, 0.4) is 0 Å². The standard InChI is InChI=1S/C17H13F6NO2S/c1-26-16(25)12-5-2-9(8-24-12)15(27-7-6-17(21,22)23)13-10(18)3-4-11(19)14(13)20/h2-5,8,15H,6-7H2,1H3. The summed E-state index contributed by atoms with van der Waals surface area (Å²) in [5.74, 6) is -5.19. The van der Waals surface area contributed by atoms with Crippen LogP contribution in [0.25, 0.3) is 0 Å². The van der Waals surface area contributed by atoms with Gasteiger partial charge in [0.25, 0.3) is 0 Å². The predicted molar refractivity (Wildman–Crippen MR) is 86.9 cm³/mol. The maximum atomic E-state index is 14.2. The van der Waals surface area contributed by atoms with Crippen LogP contribution in [0, 0.1) is 17.5 Å². The summed E-state index contributed by atoms with van der Waals surface area (Å²) in [6.45, 7) is 0. The maximum absolute atomic E-state index is 14.2.